The number of phenolic OH excluding ortho intramolecular Hbond substituents is 1. The van der Waals surface area contributed by atoms with Crippen molar-refractivity contribution in [2.75, 3.05) is 0 Å². The molecule has 242 valence electrons. The number of fused-ring (bicyclic) bond motifs is 3. The molecule has 7 heteroatoms. The molecule has 7 rings (SSSR count). The van der Waals surface area contributed by atoms with Gasteiger partial charge in [-0.2, -0.15) is 0 Å². The van der Waals surface area contributed by atoms with Gasteiger partial charge >= 0.3 is 14.2 Å². The lowest BCUT2D eigenvalue weighted by Gasteiger charge is -2.35. The highest BCUT2D eigenvalue weighted by atomic mass is 16.7. The first-order valence-corrected chi connectivity index (χ1v) is 16.8. The van der Waals surface area contributed by atoms with Crippen molar-refractivity contribution in [1.29, 1.82) is 0 Å². The molecule has 0 spiro atoms. The minimum Gasteiger partial charge on any atom is -0.508 e. The third-order valence-electron chi connectivity index (χ3n) is 11.8. The van der Waals surface area contributed by atoms with Crippen molar-refractivity contribution in [3.8, 4) is 16.9 Å². The molecule has 4 aromatic carbocycles. The van der Waals surface area contributed by atoms with Gasteiger partial charge in [0.05, 0.1) is 27.8 Å². The van der Waals surface area contributed by atoms with Crippen molar-refractivity contribution < 1.29 is 23.7 Å². The van der Waals surface area contributed by atoms with Crippen LogP contribution in [0.2, 0.25) is 0 Å². The molecule has 4 aromatic rings. The van der Waals surface area contributed by atoms with Crippen molar-refractivity contribution >= 4 is 25.2 Å². The Balaban J connectivity index is 1.52. The number of hydrogen-bond donors (Lipinski definition) is 1. The standard InChI is InChI=1S/C40H46B2O5/c1-24-12-14-27(20-26(24)3)40(28-15-13-25(2)35(43)21-28)33-22-29(41-44-36(4,5)37(6,7)45-41)16-18-31(33)32-19-17-30(23-34(32)40)42-46-38(8,9)39(10,11)47-42/h12-23,43H,1-11H3. The van der Waals surface area contributed by atoms with E-state index in [1.165, 1.54) is 11.1 Å². The van der Waals surface area contributed by atoms with Gasteiger partial charge in [-0.3, -0.25) is 0 Å². The third kappa shape index (κ3) is 4.68. The molecule has 2 fully saturated rings. The predicted molar refractivity (Wildman–Crippen MR) is 191 cm³/mol. The molecule has 5 nitrogen and oxygen atoms in total. The Labute approximate surface area is 280 Å². The summed E-state index contributed by atoms with van der Waals surface area (Å²) in [5.74, 6) is 0.268. The van der Waals surface area contributed by atoms with Crippen molar-refractivity contribution in [3.05, 3.63) is 112 Å². The van der Waals surface area contributed by atoms with Crippen LogP contribution >= 0.6 is 0 Å². The van der Waals surface area contributed by atoms with E-state index in [1.807, 2.05) is 19.1 Å². The van der Waals surface area contributed by atoms with Crippen LogP contribution in [0.5, 0.6) is 5.75 Å². The monoisotopic (exact) mass is 628 g/mol. The average molecular weight is 628 g/mol. The Morgan fingerprint density at radius 3 is 1.28 bits per heavy atom. The minimum absolute atomic E-state index is 0.268. The molecule has 47 heavy (non-hydrogen) atoms. The summed E-state index contributed by atoms with van der Waals surface area (Å²) in [5.41, 5.74) is 9.20. The number of phenols is 1. The number of hydrogen-bond acceptors (Lipinski definition) is 5. The summed E-state index contributed by atoms with van der Waals surface area (Å²) in [5, 5.41) is 11.2. The maximum Gasteiger partial charge on any atom is 0.494 e. The average Bonchev–Trinajstić information content (AvgIpc) is 3.50. The van der Waals surface area contributed by atoms with Crippen LogP contribution in [0.15, 0.2) is 72.8 Å². The van der Waals surface area contributed by atoms with E-state index in [1.54, 1.807) is 0 Å². The molecular formula is C40H46B2O5. The summed E-state index contributed by atoms with van der Waals surface area (Å²) in [7, 11) is -1.03. The van der Waals surface area contributed by atoms with E-state index < -0.39 is 42.1 Å². The first kappa shape index (κ1) is 32.2. The minimum atomic E-state index is -0.756. The quantitative estimate of drug-likeness (QED) is 0.212. The second-order valence-electron chi connectivity index (χ2n) is 15.8. The van der Waals surface area contributed by atoms with Gasteiger partial charge in [0.25, 0.3) is 0 Å². The maximum absolute atomic E-state index is 11.2. The van der Waals surface area contributed by atoms with Gasteiger partial charge in [0.2, 0.25) is 0 Å². The van der Waals surface area contributed by atoms with E-state index in [9.17, 15) is 5.11 Å². The maximum atomic E-state index is 11.2. The lowest BCUT2D eigenvalue weighted by Crippen LogP contribution is -2.41. The molecule has 0 saturated carbocycles. The molecule has 0 aromatic heterocycles. The lowest BCUT2D eigenvalue weighted by atomic mass is 9.64. The van der Waals surface area contributed by atoms with Crippen molar-refractivity contribution in [3.63, 3.8) is 0 Å². The van der Waals surface area contributed by atoms with E-state index in [2.05, 4.69) is 130 Å². The Kier molecular flexibility index (Phi) is 7.08. The van der Waals surface area contributed by atoms with Crippen LogP contribution in [0.25, 0.3) is 11.1 Å². The molecule has 1 aliphatic carbocycles. The molecule has 0 unspecified atom stereocenters. The van der Waals surface area contributed by atoms with E-state index >= 15 is 0 Å². The Hall–Kier alpha value is -3.35. The fourth-order valence-electron chi connectivity index (χ4n) is 7.22. The summed E-state index contributed by atoms with van der Waals surface area (Å²) in [4.78, 5) is 0. The number of aromatic hydroxyl groups is 1. The highest BCUT2D eigenvalue weighted by molar-refractivity contribution is 6.62. The Bertz CT molecular complexity index is 1750. The van der Waals surface area contributed by atoms with Gasteiger partial charge in [-0.15, -0.1) is 0 Å². The van der Waals surface area contributed by atoms with Crippen LogP contribution in [0.3, 0.4) is 0 Å². The smallest absolute Gasteiger partial charge is 0.494 e. The molecule has 0 bridgehead atoms. The molecular weight excluding hydrogens is 582 g/mol. The first-order chi connectivity index (χ1) is 21.9. The first-order valence-electron chi connectivity index (χ1n) is 16.8. The summed E-state index contributed by atoms with van der Waals surface area (Å²) < 4.78 is 26.3. The molecule has 0 atom stereocenters. The van der Waals surface area contributed by atoms with Crippen LogP contribution in [-0.2, 0) is 24.0 Å². The highest BCUT2D eigenvalue weighted by Crippen LogP contribution is 2.56. The zero-order valence-electron chi connectivity index (χ0n) is 29.7. The van der Waals surface area contributed by atoms with Gasteiger partial charge in [-0.25, -0.2) is 0 Å². The van der Waals surface area contributed by atoms with Crippen LogP contribution < -0.4 is 10.9 Å². The van der Waals surface area contributed by atoms with Crippen LogP contribution in [-0.4, -0.2) is 41.7 Å². The van der Waals surface area contributed by atoms with Crippen LogP contribution in [0, 0.1) is 20.8 Å². The fraction of sp³-hybridized carbons (Fsp3) is 0.400. The number of aryl methyl sites for hydroxylation is 3. The SMILES string of the molecule is Cc1ccc(C2(c3ccc(C)c(O)c3)c3cc(B4OC(C)(C)C(C)(C)O4)ccc3-c3ccc(B4OC(C)(C)C(C)(C)O4)cc32)cc1C. The van der Waals surface area contributed by atoms with Gasteiger partial charge in [0.15, 0.2) is 0 Å². The molecule has 2 heterocycles. The van der Waals surface area contributed by atoms with Gasteiger partial charge in [-0.05, 0) is 143 Å². The molecule has 3 aliphatic rings. The second kappa shape index (κ2) is 10.3. The van der Waals surface area contributed by atoms with E-state index in [0.29, 0.717) is 0 Å². The van der Waals surface area contributed by atoms with Crippen molar-refractivity contribution in [2.24, 2.45) is 0 Å². The Morgan fingerprint density at radius 2 is 0.872 bits per heavy atom. The van der Waals surface area contributed by atoms with Crippen molar-refractivity contribution in [1.82, 2.24) is 0 Å². The van der Waals surface area contributed by atoms with Gasteiger partial charge < -0.3 is 23.7 Å². The van der Waals surface area contributed by atoms with Crippen LogP contribution in [0.1, 0.15) is 94.3 Å². The molecule has 2 aliphatic heterocycles. The zero-order valence-corrected chi connectivity index (χ0v) is 29.7. The molecule has 0 radical (unpaired) electrons. The summed E-state index contributed by atoms with van der Waals surface area (Å²) >= 11 is 0. The fourth-order valence-corrected chi connectivity index (χ4v) is 7.22. The molecule has 2 saturated heterocycles. The highest BCUT2D eigenvalue weighted by Gasteiger charge is 2.55. The third-order valence-corrected chi connectivity index (χ3v) is 11.8. The molecule has 1 N–H and O–H groups in total. The normalized spacial score (nSPS) is 21.2. The number of rotatable bonds is 4. The predicted octanol–water partition coefficient (Wildman–Crippen LogP) is 7.28. The van der Waals surface area contributed by atoms with Gasteiger partial charge in [-0.1, -0.05) is 66.7 Å². The van der Waals surface area contributed by atoms with E-state index in [0.717, 1.165) is 49.9 Å². The summed E-state index contributed by atoms with van der Waals surface area (Å²) in [6, 6.07) is 26.1. The van der Waals surface area contributed by atoms with Crippen LogP contribution in [0.4, 0.5) is 0 Å². The molecule has 0 amide bonds. The van der Waals surface area contributed by atoms with Gasteiger partial charge in [0.1, 0.15) is 5.75 Å². The summed E-state index contributed by atoms with van der Waals surface area (Å²) in [6.45, 7) is 22.9. The topological polar surface area (TPSA) is 57.2 Å². The lowest BCUT2D eigenvalue weighted by molar-refractivity contribution is 0.00578. The van der Waals surface area contributed by atoms with E-state index in [-0.39, 0.29) is 5.75 Å². The summed E-state index contributed by atoms with van der Waals surface area (Å²) in [6.07, 6.45) is 0. The van der Waals surface area contributed by atoms with Crippen molar-refractivity contribution in [2.45, 2.75) is 104 Å². The zero-order chi connectivity index (χ0) is 33.9. The van der Waals surface area contributed by atoms with Gasteiger partial charge in [0, 0.05) is 0 Å². The largest absolute Gasteiger partial charge is 0.508 e. The number of benzene rings is 4. The second-order valence-corrected chi connectivity index (χ2v) is 15.8. The Morgan fingerprint density at radius 1 is 0.468 bits per heavy atom. The van der Waals surface area contributed by atoms with E-state index in [4.69, 9.17) is 18.6 Å².